The smallest absolute Gasteiger partial charge is 0.280 e. The Morgan fingerprint density at radius 2 is 2.09 bits per heavy atom. The Morgan fingerprint density at radius 1 is 1.32 bits per heavy atom. The van der Waals surface area contributed by atoms with E-state index in [2.05, 4.69) is 10.5 Å². The molecule has 0 radical (unpaired) electrons. The molecule has 0 bridgehead atoms. The monoisotopic (exact) mass is 320 g/mol. The molecule has 4 nitrogen and oxygen atoms in total. The van der Waals surface area contributed by atoms with Gasteiger partial charge >= 0.3 is 0 Å². The van der Waals surface area contributed by atoms with Crippen molar-refractivity contribution in [2.24, 2.45) is 5.10 Å². The molecule has 0 saturated carbocycles. The first-order valence-corrected chi connectivity index (χ1v) is 6.93. The van der Waals surface area contributed by atoms with Crippen LogP contribution in [0, 0.1) is 5.82 Å². The molecule has 2 aromatic rings. The molecular formula is C16H14ClFN2O2. The minimum Gasteiger partial charge on any atom is -0.481 e. The summed E-state index contributed by atoms with van der Waals surface area (Å²) in [7, 11) is 0. The Kier molecular flexibility index (Phi) is 5.49. The van der Waals surface area contributed by atoms with Crippen molar-refractivity contribution < 1.29 is 13.9 Å². The van der Waals surface area contributed by atoms with Crippen molar-refractivity contribution >= 4 is 23.7 Å². The van der Waals surface area contributed by atoms with E-state index < -0.39 is 12.0 Å². The lowest BCUT2D eigenvalue weighted by molar-refractivity contribution is -0.127. The first kappa shape index (κ1) is 16.0. The van der Waals surface area contributed by atoms with Gasteiger partial charge in [-0.1, -0.05) is 29.8 Å². The van der Waals surface area contributed by atoms with Crippen LogP contribution in [0.1, 0.15) is 12.5 Å². The normalized spacial score (nSPS) is 12.1. The number of benzene rings is 2. The van der Waals surface area contributed by atoms with Crippen molar-refractivity contribution in [3.8, 4) is 5.75 Å². The highest BCUT2D eigenvalue weighted by molar-refractivity contribution is 6.30. The summed E-state index contributed by atoms with van der Waals surface area (Å²) in [6.07, 6.45) is 0.607. The van der Waals surface area contributed by atoms with Gasteiger partial charge in [0.2, 0.25) is 0 Å². The van der Waals surface area contributed by atoms with Crippen molar-refractivity contribution in [1.82, 2.24) is 5.43 Å². The molecule has 0 aliphatic rings. The van der Waals surface area contributed by atoms with Crippen molar-refractivity contribution in [3.63, 3.8) is 0 Å². The number of hydrogen-bond donors (Lipinski definition) is 1. The number of nitrogens with one attached hydrogen (secondary N) is 1. The topological polar surface area (TPSA) is 50.7 Å². The Bertz CT molecular complexity index is 691. The number of carbonyl (C=O) groups is 1. The van der Waals surface area contributed by atoms with Gasteiger partial charge in [-0.05, 0) is 42.8 Å². The third-order valence-corrected chi connectivity index (χ3v) is 2.95. The molecule has 0 aliphatic carbocycles. The van der Waals surface area contributed by atoms with Gasteiger partial charge in [0.05, 0.1) is 6.21 Å². The SMILES string of the molecule is CC(Oc1cccc(Cl)c1)C(=O)N/N=C/c1cccc(F)c1. The van der Waals surface area contributed by atoms with Crippen molar-refractivity contribution in [2.45, 2.75) is 13.0 Å². The fourth-order valence-electron chi connectivity index (χ4n) is 1.65. The molecule has 2 rings (SSSR count). The van der Waals surface area contributed by atoms with Crippen LogP contribution in [0.15, 0.2) is 53.6 Å². The van der Waals surface area contributed by atoms with E-state index in [4.69, 9.17) is 16.3 Å². The van der Waals surface area contributed by atoms with Gasteiger partial charge in [0.1, 0.15) is 11.6 Å². The third kappa shape index (κ3) is 4.86. The molecule has 1 N–H and O–H groups in total. The average molecular weight is 321 g/mol. The minimum atomic E-state index is -0.747. The highest BCUT2D eigenvalue weighted by Gasteiger charge is 2.13. The van der Waals surface area contributed by atoms with Crippen molar-refractivity contribution in [3.05, 3.63) is 64.9 Å². The van der Waals surface area contributed by atoms with Gasteiger partial charge in [0.15, 0.2) is 6.10 Å². The molecule has 0 heterocycles. The second kappa shape index (κ2) is 7.56. The Hall–Kier alpha value is -2.40. The van der Waals surface area contributed by atoms with Crippen LogP contribution < -0.4 is 10.2 Å². The van der Waals surface area contributed by atoms with E-state index >= 15 is 0 Å². The molecule has 22 heavy (non-hydrogen) atoms. The van der Waals surface area contributed by atoms with Crippen LogP contribution in [0.5, 0.6) is 5.75 Å². The first-order chi connectivity index (χ1) is 10.5. The van der Waals surface area contributed by atoms with Crippen LogP contribution in [0.3, 0.4) is 0 Å². The number of ether oxygens (including phenoxy) is 1. The van der Waals surface area contributed by atoms with E-state index in [1.165, 1.54) is 18.3 Å². The van der Waals surface area contributed by atoms with Gasteiger partial charge in [-0.25, -0.2) is 9.82 Å². The molecule has 2 aromatic carbocycles. The highest BCUT2D eigenvalue weighted by atomic mass is 35.5. The summed E-state index contributed by atoms with van der Waals surface area (Å²) >= 11 is 5.84. The average Bonchev–Trinajstić information content (AvgIpc) is 2.47. The number of nitrogens with zero attached hydrogens (tertiary/aromatic N) is 1. The van der Waals surface area contributed by atoms with Crippen LogP contribution >= 0.6 is 11.6 Å². The number of hydrogen-bond acceptors (Lipinski definition) is 3. The van der Waals surface area contributed by atoms with Crippen LogP contribution in [0.25, 0.3) is 0 Å². The summed E-state index contributed by atoms with van der Waals surface area (Å²) in [5.74, 6) is -0.301. The summed E-state index contributed by atoms with van der Waals surface area (Å²) in [5.41, 5.74) is 2.88. The number of halogens is 2. The summed E-state index contributed by atoms with van der Waals surface area (Å²) < 4.78 is 18.4. The van der Waals surface area contributed by atoms with Gasteiger partial charge < -0.3 is 4.74 Å². The molecule has 1 unspecified atom stereocenters. The van der Waals surface area contributed by atoms with Crippen molar-refractivity contribution in [2.75, 3.05) is 0 Å². The fraction of sp³-hybridized carbons (Fsp3) is 0.125. The number of rotatable bonds is 5. The molecule has 0 saturated heterocycles. The molecule has 0 aromatic heterocycles. The maximum absolute atomic E-state index is 13.0. The zero-order valence-corrected chi connectivity index (χ0v) is 12.5. The Morgan fingerprint density at radius 3 is 2.82 bits per heavy atom. The molecule has 6 heteroatoms. The van der Waals surface area contributed by atoms with E-state index in [0.29, 0.717) is 16.3 Å². The van der Waals surface area contributed by atoms with E-state index in [1.54, 1.807) is 43.3 Å². The van der Waals surface area contributed by atoms with Crippen LogP contribution in [0.2, 0.25) is 5.02 Å². The maximum Gasteiger partial charge on any atom is 0.280 e. The van der Waals surface area contributed by atoms with Crippen molar-refractivity contribution in [1.29, 1.82) is 0 Å². The Labute approximate surface area is 132 Å². The molecule has 0 aliphatic heterocycles. The largest absolute Gasteiger partial charge is 0.481 e. The zero-order chi connectivity index (χ0) is 15.9. The van der Waals surface area contributed by atoms with Crippen LogP contribution in [0.4, 0.5) is 4.39 Å². The molecule has 1 atom stereocenters. The number of amides is 1. The second-order valence-electron chi connectivity index (χ2n) is 4.51. The summed E-state index contributed by atoms with van der Waals surface area (Å²) in [5, 5.41) is 4.29. The van der Waals surface area contributed by atoms with E-state index in [9.17, 15) is 9.18 Å². The second-order valence-corrected chi connectivity index (χ2v) is 4.94. The summed E-state index contributed by atoms with van der Waals surface area (Å²) in [6.45, 7) is 1.59. The van der Waals surface area contributed by atoms with Gasteiger partial charge in [0.25, 0.3) is 5.91 Å². The van der Waals surface area contributed by atoms with E-state index in [1.807, 2.05) is 0 Å². The van der Waals surface area contributed by atoms with E-state index in [0.717, 1.165) is 0 Å². The fourth-order valence-corrected chi connectivity index (χ4v) is 1.83. The highest BCUT2D eigenvalue weighted by Crippen LogP contribution is 2.18. The van der Waals surface area contributed by atoms with Gasteiger partial charge in [-0.15, -0.1) is 0 Å². The quantitative estimate of drug-likeness (QED) is 0.678. The molecular weight excluding hydrogens is 307 g/mol. The zero-order valence-electron chi connectivity index (χ0n) is 11.8. The molecule has 1 amide bonds. The number of hydrazone groups is 1. The summed E-state index contributed by atoms with van der Waals surface area (Å²) in [6, 6.07) is 12.6. The molecule has 0 fully saturated rings. The lowest BCUT2D eigenvalue weighted by Gasteiger charge is -2.12. The maximum atomic E-state index is 13.0. The number of carbonyl (C=O) groups excluding carboxylic acids is 1. The first-order valence-electron chi connectivity index (χ1n) is 6.55. The molecule has 0 spiro atoms. The summed E-state index contributed by atoms with van der Waals surface area (Å²) in [4.78, 5) is 11.8. The lowest BCUT2D eigenvalue weighted by atomic mass is 10.2. The van der Waals surface area contributed by atoms with Crippen LogP contribution in [-0.2, 0) is 4.79 Å². The van der Waals surface area contributed by atoms with E-state index in [-0.39, 0.29) is 5.82 Å². The van der Waals surface area contributed by atoms with Crippen LogP contribution in [-0.4, -0.2) is 18.2 Å². The van der Waals surface area contributed by atoms with Gasteiger partial charge in [0, 0.05) is 5.02 Å². The minimum absolute atomic E-state index is 0.368. The van der Waals surface area contributed by atoms with Gasteiger partial charge in [-0.2, -0.15) is 5.10 Å². The Balaban J connectivity index is 1.89. The predicted molar refractivity (Wildman–Crippen MR) is 83.7 cm³/mol. The standard InChI is InChI=1S/C16H14ClFN2O2/c1-11(22-15-7-3-5-13(17)9-15)16(21)20-19-10-12-4-2-6-14(18)8-12/h2-11H,1H3,(H,20,21)/b19-10+. The third-order valence-electron chi connectivity index (χ3n) is 2.72. The molecule has 114 valence electrons. The predicted octanol–water partition coefficient (Wildman–Crippen LogP) is 3.40. The lowest BCUT2D eigenvalue weighted by Crippen LogP contribution is -2.33. The van der Waals surface area contributed by atoms with Gasteiger partial charge in [-0.3, -0.25) is 4.79 Å².